The minimum Gasteiger partial charge on any atom is -0.493 e. The van der Waals surface area contributed by atoms with Crippen molar-refractivity contribution in [1.29, 1.82) is 0 Å². The summed E-state index contributed by atoms with van der Waals surface area (Å²) in [7, 11) is 4.64. The van der Waals surface area contributed by atoms with Gasteiger partial charge in [0.05, 0.1) is 33.3 Å². The number of amides is 1. The fourth-order valence-corrected chi connectivity index (χ4v) is 2.75. The highest BCUT2D eigenvalue weighted by atomic mass is 16.5. The van der Waals surface area contributed by atoms with E-state index in [0.717, 1.165) is 16.5 Å². The molecule has 0 saturated heterocycles. The summed E-state index contributed by atoms with van der Waals surface area (Å²) in [6.07, 6.45) is 1.90. The number of carbonyl (C=O) groups excluding carboxylic acids is 1. The van der Waals surface area contributed by atoms with Crippen molar-refractivity contribution in [3.8, 4) is 17.2 Å². The minimum absolute atomic E-state index is 0.137. The molecule has 132 valence electrons. The first-order valence-electron chi connectivity index (χ1n) is 7.59. The van der Waals surface area contributed by atoms with Crippen LogP contribution in [0.15, 0.2) is 22.9 Å². The van der Waals surface area contributed by atoms with Crippen LogP contribution >= 0.6 is 0 Å². The lowest BCUT2D eigenvalue weighted by Crippen LogP contribution is -2.14. The summed E-state index contributed by atoms with van der Waals surface area (Å²) in [5.74, 6) is 2.33. The maximum absolute atomic E-state index is 12.3. The van der Waals surface area contributed by atoms with Crippen molar-refractivity contribution in [2.75, 3.05) is 26.6 Å². The molecule has 1 aromatic carbocycles. The summed E-state index contributed by atoms with van der Waals surface area (Å²) in [5, 5.41) is 7.23. The number of anilines is 1. The molecule has 0 unspecified atom stereocenters. The van der Waals surface area contributed by atoms with Crippen LogP contribution in [0.25, 0.3) is 10.9 Å². The highest BCUT2D eigenvalue weighted by Gasteiger charge is 2.21. The Morgan fingerprint density at radius 2 is 1.96 bits per heavy atom. The van der Waals surface area contributed by atoms with E-state index in [1.165, 1.54) is 7.11 Å². The Balaban J connectivity index is 1.95. The second kappa shape index (κ2) is 6.76. The molecule has 3 rings (SSSR count). The molecule has 2 heterocycles. The molecule has 0 radical (unpaired) electrons. The lowest BCUT2D eigenvalue weighted by Gasteiger charge is -2.14. The molecule has 8 heteroatoms. The summed E-state index contributed by atoms with van der Waals surface area (Å²) in [4.78, 5) is 15.4. The molecule has 2 aromatic heterocycles. The van der Waals surface area contributed by atoms with Crippen molar-refractivity contribution in [2.45, 2.75) is 13.3 Å². The summed E-state index contributed by atoms with van der Waals surface area (Å²) >= 11 is 0. The second-order valence-corrected chi connectivity index (χ2v) is 5.43. The molecule has 3 aromatic rings. The predicted molar refractivity (Wildman–Crippen MR) is 91.5 cm³/mol. The van der Waals surface area contributed by atoms with E-state index < -0.39 is 0 Å². The van der Waals surface area contributed by atoms with Crippen LogP contribution in [0, 0.1) is 6.92 Å². The maximum atomic E-state index is 12.3. The molecule has 0 aliphatic heterocycles. The van der Waals surface area contributed by atoms with Gasteiger partial charge in [0.2, 0.25) is 11.7 Å². The van der Waals surface area contributed by atoms with Gasteiger partial charge in [0.1, 0.15) is 5.76 Å². The summed E-state index contributed by atoms with van der Waals surface area (Å²) in [6.45, 7) is 1.76. The summed E-state index contributed by atoms with van der Waals surface area (Å²) < 4.78 is 21.2. The summed E-state index contributed by atoms with van der Waals surface area (Å²) in [6, 6.07) is 3.46. The van der Waals surface area contributed by atoms with Crippen LogP contribution in [0.2, 0.25) is 0 Å². The Bertz CT molecular complexity index is 913. The molecule has 0 saturated carbocycles. The Morgan fingerprint density at radius 3 is 2.56 bits per heavy atom. The fraction of sp³-hybridized carbons (Fsp3) is 0.294. The van der Waals surface area contributed by atoms with E-state index in [2.05, 4.69) is 15.5 Å². The Hall–Kier alpha value is -3.16. The average Bonchev–Trinajstić information content (AvgIpc) is 3.19. The number of carbonyl (C=O) groups is 1. The zero-order valence-corrected chi connectivity index (χ0v) is 14.4. The first-order valence-corrected chi connectivity index (χ1v) is 7.59. The number of nitrogens with zero attached hydrogens (tertiary/aromatic N) is 1. The van der Waals surface area contributed by atoms with Crippen LogP contribution in [0.4, 0.5) is 5.82 Å². The number of fused-ring (bicyclic) bond motifs is 1. The Morgan fingerprint density at radius 1 is 1.20 bits per heavy atom. The van der Waals surface area contributed by atoms with E-state index in [9.17, 15) is 4.79 Å². The van der Waals surface area contributed by atoms with Crippen molar-refractivity contribution in [3.05, 3.63) is 29.7 Å². The number of benzene rings is 1. The standard InChI is InChI=1S/C17H19N3O5/c1-9-5-13(20-25-9)19-14(21)6-10-8-18-11-7-12(22-2)16(23-3)17(24-4)15(10)11/h5,7-8,18H,6H2,1-4H3,(H,19,20,21). The van der Waals surface area contributed by atoms with E-state index >= 15 is 0 Å². The first kappa shape index (κ1) is 16.7. The topological polar surface area (TPSA) is 98.6 Å². The van der Waals surface area contributed by atoms with Gasteiger partial charge in [-0.1, -0.05) is 5.16 Å². The van der Waals surface area contributed by atoms with Gasteiger partial charge in [0.15, 0.2) is 17.3 Å². The number of ether oxygens (including phenoxy) is 3. The number of aromatic nitrogens is 2. The fourth-order valence-electron chi connectivity index (χ4n) is 2.75. The van der Waals surface area contributed by atoms with E-state index in [1.54, 1.807) is 39.5 Å². The number of aromatic amines is 1. The van der Waals surface area contributed by atoms with Crippen molar-refractivity contribution >= 4 is 22.6 Å². The van der Waals surface area contributed by atoms with Gasteiger partial charge in [-0.25, -0.2) is 0 Å². The molecule has 0 spiro atoms. The lowest BCUT2D eigenvalue weighted by molar-refractivity contribution is -0.115. The molecular weight excluding hydrogens is 326 g/mol. The second-order valence-electron chi connectivity index (χ2n) is 5.43. The number of methoxy groups -OCH3 is 3. The zero-order chi connectivity index (χ0) is 18.0. The molecule has 0 aliphatic rings. The van der Waals surface area contributed by atoms with Crippen molar-refractivity contribution < 1.29 is 23.5 Å². The quantitative estimate of drug-likeness (QED) is 0.713. The number of hydrogen-bond donors (Lipinski definition) is 2. The van der Waals surface area contributed by atoms with Crippen molar-refractivity contribution in [2.24, 2.45) is 0 Å². The first-order chi connectivity index (χ1) is 12.1. The highest BCUT2D eigenvalue weighted by Crippen LogP contribution is 2.44. The Labute approximate surface area is 144 Å². The number of rotatable bonds is 6. The zero-order valence-electron chi connectivity index (χ0n) is 14.4. The monoisotopic (exact) mass is 345 g/mol. The van der Waals surface area contributed by atoms with E-state index in [-0.39, 0.29) is 12.3 Å². The molecule has 0 aliphatic carbocycles. The van der Waals surface area contributed by atoms with Gasteiger partial charge in [-0.2, -0.15) is 0 Å². The van der Waals surface area contributed by atoms with Crippen LogP contribution in [-0.2, 0) is 11.2 Å². The molecule has 0 fully saturated rings. The molecular formula is C17H19N3O5. The molecule has 8 nitrogen and oxygen atoms in total. The largest absolute Gasteiger partial charge is 0.493 e. The van der Waals surface area contributed by atoms with Crippen molar-refractivity contribution in [3.63, 3.8) is 0 Å². The third-order valence-electron chi connectivity index (χ3n) is 3.80. The normalized spacial score (nSPS) is 10.7. The predicted octanol–water partition coefficient (Wildman–Crippen LogP) is 2.67. The number of H-pyrrole nitrogens is 1. The molecule has 0 atom stereocenters. The van der Waals surface area contributed by atoms with E-state index in [0.29, 0.717) is 28.8 Å². The van der Waals surface area contributed by atoms with Gasteiger partial charge < -0.3 is 29.0 Å². The van der Waals surface area contributed by atoms with Crippen LogP contribution < -0.4 is 19.5 Å². The molecule has 1 amide bonds. The van der Waals surface area contributed by atoms with Gasteiger partial charge in [-0.15, -0.1) is 0 Å². The van der Waals surface area contributed by atoms with Gasteiger partial charge in [-0.3, -0.25) is 4.79 Å². The third-order valence-corrected chi connectivity index (χ3v) is 3.80. The smallest absolute Gasteiger partial charge is 0.230 e. The van der Waals surface area contributed by atoms with Crippen LogP contribution in [0.5, 0.6) is 17.2 Å². The summed E-state index contributed by atoms with van der Waals surface area (Å²) in [5.41, 5.74) is 1.56. The van der Waals surface area contributed by atoms with E-state index in [4.69, 9.17) is 18.7 Å². The molecule has 0 bridgehead atoms. The maximum Gasteiger partial charge on any atom is 0.230 e. The lowest BCUT2D eigenvalue weighted by atomic mass is 10.1. The number of hydrogen-bond acceptors (Lipinski definition) is 6. The Kier molecular flexibility index (Phi) is 4.51. The molecule has 2 N–H and O–H groups in total. The minimum atomic E-state index is -0.217. The highest BCUT2D eigenvalue weighted by molar-refractivity contribution is 5.99. The molecule has 25 heavy (non-hydrogen) atoms. The van der Waals surface area contributed by atoms with Gasteiger partial charge in [0, 0.05) is 23.7 Å². The van der Waals surface area contributed by atoms with Crippen LogP contribution in [0.3, 0.4) is 0 Å². The van der Waals surface area contributed by atoms with Gasteiger partial charge in [-0.05, 0) is 12.5 Å². The van der Waals surface area contributed by atoms with Gasteiger partial charge >= 0.3 is 0 Å². The number of nitrogens with one attached hydrogen (secondary N) is 2. The number of aryl methyl sites for hydroxylation is 1. The van der Waals surface area contributed by atoms with Gasteiger partial charge in [0.25, 0.3) is 0 Å². The van der Waals surface area contributed by atoms with Crippen LogP contribution in [0.1, 0.15) is 11.3 Å². The third kappa shape index (κ3) is 3.10. The average molecular weight is 345 g/mol. The van der Waals surface area contributed by atoms with Crippen LogP contribution in [-0.4, -0.2) is 37.4 Å². The van der Waals surface area contributed by atoms with E-state index in [1.807, 2.05) is 0 Å². The SMILES string of the molecule is COc1cc2[nH]cc(CC(=O)Nc3cc(C)on3)c2c(OC)c1OC. The van der Waals surface area contributed by atoms with Crippen molar-refractivity contribution in [1.82, 2.24) is 10.1 Å².